The number of hydrogen-bond acceptors (Lipinski definition) is 8. The third kappa shape index (κ3) is 6.50. The molecular weight excluding hydrogens is 578 g/mol. The number of fused-ring (bicyclic) bond motifs is 1. The van der Waals surface area contributed by atoms with Crippen LogP contribution in [0.1, 0.15) is 42.1 Å². The van der Waals surface area contributed by atoms with Gasteiger partial charge in [-0.25, -0.2) is 9.79 Å². The van der Waals surface area contributed by atoms with Gasteiger partial charge in [0.15, 0.2) is 22.9 Å². The molecule has 0 saturated heterocycles. The number of allylic oxidation sites excluding steroid dienone is 1. The van der Waals surface area contributed by atoms with Crippen molar-refractivity contribution < 1.29 is 23.8 Å². The van der Waals surface area contributed by atoms with Gasteiger partial charge in [-0.15, -0.1) is 0 Å². The summed E-state index contributed by atoms with van der Waals surface area (Å²) in [7, 11) is 1.51. The van der Waals surface area contributed by atoms with E-state index < -0.39 is 12.0 Å². The Balaban J connectivity index is 1.45. The lowest BCUT2D eigenvalue weighted by Crippen LogP contribution is -2.39. The first-order chi connectivity index (χ1) is 21.2. The fourth-order valence-corrected chi connectivity index (χ4v) is 5.92. The van der Waals surface area contributed by atoms with Gasteiger partial charge in [0, 0.05) is 5.69 Å². The van der Waals surface area contributed by atoms with Gasteiger partial charge in [0.1, 0.15) is 0 Å². The summed E-state index contributed by atoms with van der Waals surface area (Å²) in [5, 5.41) is 2.80. The zero-order chi connectivity index (χ0) is 31.4. The van der Waals surface area contributed by atoms with Crippen molar-refractivity contribution in [1.82, 2.24) is 4.57 Å². The van der Waals surface area contributed by atoms with Gasteiger partial charge in [-0.1, -0.05) is 64.9 Å². The molecule has 1 aliphatic heterocycles. The Morgan fingerprint density at radius 1 is 0.977 bits per heavy atom. The fraction of sp³-hybridized carbons (Fsp3) is 0.235. The number of amides is 1. The molecule has 1 aromatic heterocycles. The van der Waals surface area contributed by atoms with Crippen molar-refractivity contribution in [2.75, 3.05) is 25.6 Å². The van der Waals surface area contributed by atoms with E-state index in [0.29, 0.717) is 43.4 Å². The van der Waals surface area contributed by atoms with Crippen molar-refractivity contribution in [1.29, 1.82) is 0 Å². The van der Waals surface area contributed by atoms with Crippen LogP contribution in [0.25, 0.3) is 6.08 Å². The van der Waals surface area contributed by atoms with Crippen LogP contribution in [0.15, 0.2) is 87.8 Å². The molecule has 44 heavy (non-hydrogen) atoms. The normalized spacial score (nSPS) is 14.5. The molecule has 0 spiro atoms. The molecule has 1 amide bonds. The molecule has 10 heteroatoms. The van der Waals surface area contributed by atoms with E-state index in [1.165, 1.54) is 18.4 Å². The van der Waals surface area contributed by atoms with E-state index in [9.17, 15) is 14.4 Å². The maximum Gasteiger partial charge on any atom is 0.338 e. The van der Waals surface area contributed by atoms with Crippen molar-refractivity contribution >= 4 is 35.0 Å². The Morgan fingerprint density at radius 3 is 2.32 bits per heavy atom. The molecule has 0 fully saturated rings. The summed E-state index contributed by atoms with van der Waals surface area (Å²) in [6.07, 6.45) is 1.75. The second kappa shape index (κ2) is 13.1. The molecule has 9 nitrogen and oxygen atoms in total. The van der Waals surface area contributed by atoms with Crippen LogP contribution in [-0.2, 0) is 14.3 Å². The minimum Gasteiger partial charge on any atom is -0.493 e. The molecule has 0 aliphatic carbocycles. The van der Waals surface area contributed by atoms with E-state index in [-0.39, 0.29) is 24.7 Å². The summed E-state index contributed by atoms with van der Waals surface area (Å²) < 4.78 is 18.6. The topological polar surface area (TPSA) is 108 Å². The first-order valence-electron chi connectivity index (χ1n) is 14.1. The minimum atomic E-state index is -0.676. The highest BCUT2D eigenvalue weighted by Gasteiger charge is 2.33. The summed E-state index contributed by atoms with van der Waals surface area (Å²) >= 11 is 1.24. The number of methoxy groups -OCH3 is 1. The lowest BCUT2D eigenvalue weighted by molar-refractivity contribution is -0.139. The van der Waals surface area contributed by atoms with Crippen molar-refractivity contribution in [3.05, 3.63) is 120 Å². The minimum absolute atomic E-state index is 0.205. The maximum atomic E-state index is 13.9. The lowest BCUT2D eigenvalue weighted by Gasteiger charge is -2.24. The number of esters is 1. The van der Waals surface area contributed by atoms with Gasteiger partial charge in [-0.3, -0.25) is 14.2 Å². The van der Waals surface area contributed by atoms with Gasteiger partial charge >= 0.3 is 5.97 Å². The number of carbonyl (C=O) groups excluding carboxylic acids is 2. The number of thiazole rings is 1. The number of anilines is 1. The molecule has 1 N–H and O–H groups in total. The number of benzene rings is 3. The SMILES string of the molecule is CCOC(=O)C1=C(C)N=c2s/c(=C\c3ccc(OCC(=O)Nc4ccc(C)cc4)c(OC)c3)c(=O)n2[C@H]1c1ccc(C)cc1. The highest BCUT2D eigenvalue weighted by Crippen LogP contribution is 2.31. The number of nitrogens with zero attached hydrogens (tertiary/aromatic N) is 2. The second-order valence-electron chi connectivity index (χ2n) is 10.3. The molecule has 2 heterocycles. The summed E-state index contributed by atoms with van der Waals surface area (Å²) in [5.41, 5.74) is 4.89. The summed E-state index contributed by atoms with van der Waals surface area (Å²) in [6, 6.07) is 19.7. The van der Waals surface area contributed by atoms with E-state index in [0.717, 1.165) is 16.7 Å². The van der Waals surface area contributed by atoms with E-state index in [4.69, 9.17) is 14.2 Å². The standard InChI is InChI=1S/C34H33N3O6S/c1-6-42-33(40)30-22(4)35-34-37(31(30)24-12-7-20(2)8-13-24)32(39)28(44-34)18-23-11-16-26(27(17-23)41-5)43-19-29(38)36-25-14-9-21(3)10-15-25/h7-18,31H,6,19H2,1-5H3,(H,36,38)/b28-18-/t31-/m0/s1. The van der Waals surface area contributed by atoms with Crippen LogP contribution in [0.3, 0.4) is 0 Å². The van der Waals surface area contributed by atoms with E-state index in [1.807, 2.05) is 62.4 Å². The number of hydrogen-bond donors (Lipinski definition) is 1. The number of nitrogens with one attached hydrogen (secondary N) is 1. The van der Waals surface area contributed by atoms with Crippen LogP contribution in [-0.4, -0.2) is 36.8 Å². The first kappa shape index (κ1) is 30.5. The molecule has 4 aromatic rings. The van der Waals surface area contributed by atoms with Crippen molar-refractivity contribution in [3.63, 3.8) is 0 Å². The van der Waals surface area contributed by atoms with Crippen LogP contribution in [0.4, 0.5) is 5.69 Å². The maximum absolute atomic E-state index is 13.9. The van der Waals surface area contributed by atoms with Gasteiger partial charge in [0.25, 0.3) is 11.5 Å². The van der Waals surface area contributed by atoms with Gasteiger partial charge in [-0.2, -0.15) is 0 Å². The number of aromatic nitrogens is 1. The molecule has 226 valence electrons. The van der Waals surface area contributed by atoms with Crippen LogP contribution >= 0.6 is 11.3 Å². The zero-order valence-electron chi connectivity index (χ0n) is 25.2. The van der Waals surface area contributed by atoms with Crippen molar-refractivity contribution in [2.24, 2.45) is 4.99 Å². The smallest absolute Gasteiger partial charge is 0.338 e. The van der Waals surface area contributed by atoms with Crippen molar-refractivity contribution in [3.8, 4) is 11.5 Å². The third-order valence-electron chi connectivity index (χ3n) is 7.09. The molecule has 0 saturated carbocycles. The Kier molecular flexibility index (Phi) is 9.10. The number of ether oxygens (including phenoxy) is 3. The highest BCUT2D eigenvalue weighted by atomic mass is 32.1. The molecule has 0 unspecified atom stereocenters. The van der Waals surface area contributed by atoms with E-state index in [1.54, 1.807) is 42.7 Å². The van der Waals surface area contributed by atoms with Gasteiger partial charge < -0.3 is 19.5 Å². The van der Waals surface area contributed by atoms with E-state index in [2.05, 4.69) is 10.3 Å². The molecule has 0 bridgehead atoms. The predicted octanol–water partition coefficient (Wildman–Crippen LogP) is 4.44. The van der Waals surface area contributed by atoms with Gasteiger partial charge in [0.2, 0.25) is 0 Å². The summed E-state index contributed by atoms with van der Waals surface area (Å²) in [5.74, 6) is -0.00458. The third-order valence-corrected chi connectivity index (χ3v) is 8.07. The molecule has 0 radical (unpaired) electrons. The Morgan fingerprint density at radius 2 is 1.66 bits per heavy atom. The average Bonchev–Trinajstić information content (AvgIpc) is 3.31. The van der Waals surface area contributed by atoms with Crippen LogP contribution < -0.4 is 29.7 Å². The molecule has 5 rings (SSSR count). The summed E-state index contributed by atoms with van der Waals surface area (Å²) in [4.78, 5) is 44.5. The Labute approximate surface area is 258 Å². The quantitative estimate of drug-likeness (QED) is 0.281. The number of rotatable bonds is 9. The Bertz CT molecular complexity index is 1920. The monoisotopic (exact) mass is 611 g/mol. The Hall–Kier alpha value is -4.96. The highest BCUT2D eigenvalue weighted by molar-refractivity contribution is 7.07. The molecule has 1 atom stereocenters. The molecule has 1 aliphatic rings. The lowest BCUT2D eigenvalue weighted by atomic mass is 9.95. The zero-order valence-corrected chi connectivity index (χ0v) is 26.0. The van der Waals surface area contributed by atoms with E-state index >= 15 is 0 Å². The number of aryl methyl sites for hydroxylation is 2. The van der Waals surface area contributed by atoms with Gasteiger partial charge in [0.05, 0.1) is 35.6 Å². The fourth-order valence-electron chi connectivity index (χ4n) is 4.88. The number of carbonyl (C=O) groups is 2. The van der Waals surface area contributed by atoms with Crippen LogP contribution in [0.5, 0.6) is 11.5 Å². The largest absolute Gasteiger partial charge is 0.493 e. The summed E-state index contributed by atoms with van der Waals surface area (Å²) in [6.45, 7) is 7.46. The average molecular weight is 612 g/mol. The van der Waals surface area contributed by atoms with Crippen molar-refractivity contribution in [2.45, 2.75) is 33.7 Å². The predicted molar refractivity (Wildman–Crippen MR) is 170 cm³/mol. The molecular formula is C34H33N3O6S. The van der Waals surface area contributed by atoms with Gasteiger partial charge in [-0.05, 0) is 69.2 Å². The van der Waals surface area contributed by atoms with Crippen LogP contribution in [0.2, 0.25) is 0 Å². The van der Waals surface area contributed by atoms with Crippen LogP contribution in [0, 0.1) is 13.8 Å². The molecule has 3 aromatic carbocycles. The second-order valence-corrected chi connectivity index (χ2v) is 11.3. The first-order valence-corrected chi connectivity index (χ1v) is 14.9.